The number of thiocarbonyl (C=S) groups is 1. The number of anilines is 1. The fraction of sp³-hybridized carbons (Fsp3) is 0. The van der Waals surface area contributed by atoms with E-state index in [1.165, 1.54) is 12.1 Å². The lowest BCUT2D eigenvalue weighted by atomic mass is 10.2. The molecule has 2 aromatic rings. The number of nitrogens with zero attached hydrogens (tertiary/aromatic N) is 1. The third-order valence-electron chi connectivity index (χ3n) is 2.38. The van der Waals surface area contributed by atoms with E-state index in [-0.39, 0.29) is 5.82 Å². The van der Waals surface area contributed by atoms with Gasteiger partial charge in [-0.25, -0.2) is 4.39 Å². The number of benzene rings is 2. The summed E-state index contributed by atoms with van der Waals surface area (Å²) in [5.41, 5.74) is 4.12. The zero-order valence-electron chi connectivity index (χ0n) is 10.3. The van der Waals surface area contributed by atoms with Crippen LogP contribution in [0.15, 0.2) is 53.6 Å². The third-order valence-corrected chi connectivity index (χ3v) is 2.91. The predicted molar refractivity (Wildman–Crippen MR) is 84.8 cm³/mol. The van der Waals surface area contributed by atoms with Gasteiger partial charge in [0.15, 0.2) is 5.11 Å². The van der Waals surface area contributed by atoms with E-state index in [1.54, 1.807) is 24.4 Å². The van der Waals surface area contributed by atoms with Crippen LogP contribution >= 0.6 is 23.8 Å². The predicted octanol–water partition coefficient (Wildman–Crippen LogP) is 3.80. The highest BCUT2D eigenvalue weighted by molar-refractivity contribution is 7.80. The lowest BCUT2D eigenvalue weighted by Crippen LogP contribution is -2.23. The molecule has 0 aromatic heterocycles. The van der Waals surface area contributed by atoms with Crippen molar-refractivity contribution in [1.82, 2.24) is 5.43 Å². The Bertz CT molecular complexity index is 629. The Labute approximate surface area is 126 Å². The Kier molecular flexibility index (Phi) is 5.03. The molecule has 0 amide bonds. The van der Waals surface area contributed by atoms with Gasteiger partial charge < -0.3 is 5.32 Å². The zero-order valence-corrected chi connectivity index (χ0v) is 11.9. The maximum atomic E-state index is 12.7. The molecule has 0 bridgehead atoms. The number of rotatable bonds is 3. The van der Waals surface area contributed by atoms with Gasteiger partial charge in [0.25, 0.3) is 0 Å². The van der Waals surface area contributed by atoms with Crippen molar-refractivity contribution in [3.8, 4) is 0 Å². The van der Waals surface area contributed by atoms with Crippen molar-refractivity contribution in [1.29, 1.82) is 0 Å². The van der Waals surface area contributed by atoms with Crippen LogP contribution in [-0.4, -0.2) is 11.3 Å². The molecule has 0 heterocycles. The van der Waals surface area contributed by atoms with E-state index in [2.05, 4.69) is 15.8 Å². The first-order valence-corrected chi connectivity index (χ1v) is 6.54. The normalized spacial score (nSPS) is 10.5. The van der Waals surface area contributed by atoms with E-state index in [1.807, 2.05) is 18.2 Å². The molecule has 0 unspecified atom stereocenters. The standard InChI is InChI=1S/C14H11ClFN3S/c15-13-4-2-1-3-10(13)9-17-19-14(20)18-12-7-5-11(16)6-8-12/h1-9H,(H2,18,19,20). The fourth-order valence-corrected chi connectivity index (χ4v) is 1.79. The fourth-order valence-electron chi connectivity index (χ4n) is 1.43. The molecule has 2 rings (SSSR count). The van der Waals surface area contributed by atoms with Gasteiger partial charge in [0, 0.05) is 16.3 Å². The molecule has 0 aliphatic heterocycles. The van der Waals surface area contributed by atoms with Gasteiger partial charge in [0.05, 0.1) is 6.21 Å². The smallest absolute Gasteiger partial charge is 0.191 e. The quantitative estimate of drug-likeness (QED) is 0.514. The molecular formula is C14H11ClFN3S. The lowest BCUT2D eigenvalue weighted by Gasteiger charge is -2.06. The molecule has 102 valence electrons. The maximum Gasteiger partial charge on any atom is 0.191 e. The summed E-state index contributed by atoms with van der Waals surface area (Å²) in [6, 6.07) is 13.2. The van der Waals surface area contributed by atoms with Gasteiger partial charge in [-0.3, -0.25) is 5.43 Å². The van der Waals surface area contributed by atoms with Crippen LogP contribution in [0.5, 0.6) is 0 Å². The van der Waals surface area contributed by atoms with Crippen molar-refractivity contribution in [2.24, 2.45) is 5.10 Å². The molecule has 2 aromatic carbocycles. The monoisotopic (exact) mass is 307 g/mol. The molecule has 3 nitrogen and oxygen atoms in total. The van der Waals surface area contributed by atoms with Crippen LogP contribution in [-0.2, 0) is 0 Å². The summed E-state index contributed by atoms with van der Waals surface area (Å²) in [7, 11) is 0. The van der Waals surface area contributed by atoms with Gasteiger partial charge >= 0.3 is 0 Å². The van der Waals surface area contributed by atoms with E-state index in [0.29, 0.717) is 15.8 Å². The van der Waals surface area contributed by atoms with Gasteiger partial charge in [-0.05, 0) is 42.5 Å². The summed E-state index contributed by atoms with van der Waals surface area (Å²) in [5, 5.41) is 7.77. The Hall–Kier alpha value is -1.98. The molecule has 0 aliphatic rings. The second-order valence-electron chi connectivity index (χ2n) is 3.85. The number of nitrogens with one attached hydrogen (secondary N) is 2. The summed E-state index contributed by atoms with van der Waals surface area (Å²) in [6.45, 7) is 0. The summed E-state index contributed by atoms with van der Waals surface area (Å²) in [6.07, 6.45) is 1.57. The van der Waals surface area contributed by atoms with Crippen molar-refractivity contribution in [3.05, 3.63) is 64.9 Å². The highest BCUT2D eigenvalue weighted by Gasteiger charge is 1.97. The van der Waals surface area contributed by atoms with Crippen LogP contribution in [0.3, 0.4) is 0 Å². The number of halogens is 2. The molecule has 0 spiro atoms. The third kappa shape index (κ3) is 4.29. The van der Waals surface area contributed by atoms with Gasteiger partial charge in [0.2, 0.25) is 0 Å². The van der Waals surface area contributed by atoms with Crippen molar-refractivity contribution in [2.45, 2.75) is 0 Å². The molecular weight excluding hydrogens is 297 g/mol. The number of hydrogen-bond donors (Lipinski definition) is 2. The Balaban J connectivity index is 1.89. The van der Waals surface area contributed by atoms with Crippen LogP contribution in [0.2, 0.25) is 5.02 Å². The van der Waals surface area contributed by atoms with Crippen LogP contribution in [0, 0.1) is 5.82 Å². The zero-order chi connectivity index (χ0) is 14.4. The van der Waals surface area contributed by atoms with E-state index < -0.39 is 0 Å². The molecule has 0 saturated carbocycles. The Morgan fingerprint density at radius 2 is 1.85 bits per heavy atom. The van der Waals surface area contributed by atoms with Crippen molar-refractivity contribution < 1.29 is 4.39 Å². The highest BCUT2D eigenvalue weighted by Crippen LogP contribution is 2.12. The van der Waals surface area contributed by atoms with Crippen LogP contribution in [0.4, 0.5) is 10.1 Å². The second-order valence-corrected chi connectivity index (χ2v) is 4.67. The molecule has 0 atom stereocenters. The minimum Gasteiger partial charge on any atom is -0.331 e. The largest absolute Gasteiger partial charge is 0.331 e. The van der Waals surface area contributed by atoms with Gasteiger partial charge in [-0.2, -0.15) is 5.10 Å². The van der Waals surface area contributed by atoms with Crippen LogP contribution in [0.1, 0.15) is 5.56 Å². The molecule has 0 aliphatic carbocycles. The van der Waals surface area contributed by atoms with E-state index in [0.717, 1.165) is 5.56 Å². The molecule has 2 N–H and O–H groups in total. The van der Waals surface area contributed by atoms with E-state index >= 15 is 0 Å². The van der Waals surface area contributed by atoms with Crippen LogP contribution < -0.4 is 10.7 Å². The minimum atomic E-state index is -0.300. The molecule has 0 saturated heterocycles. The first-order valence-electron chi connectivity index (χ1n) is 5.75. The average Bonchev–Trinajstić information content (AvgIpc) is 2.43. The first kappa shape index (κ1) is 14.4. The Morgan fingerprint density at radius 3 is 2.55 bits per heavy atom. The molecule has 6 heteroatoms. The van der Waals surface area contributed by atoms with E-state index in [4.69, 9.17) is 23.8 Å². The molecule has 0 radical (unpaired) electrons. The second kappa shape index (κ2) is 6.98. The molecule has 20 heavy (non-hydrogen) atoms. The topological polar surface area (TPSA) is 36.4 Å². The van der Waals surface area contributed by atoms with Gasteiger partial charge in [0.1, 0.15) is 5.82 Å². The maximum absolute atomic E-state index is 12.7. The summed E-state index contributed by atoms with van der Waals surface area (Å²) in [4.78, 5) is 0. The summed E-state index contributed by atoms with van der Waals surface area (Å²) < 4.78 is 12.7. The summed E-state index contributed by atoms with van der Waals surface area (Å²) in [5.74, 6) is -0.300. The van der Waals surface area contributed by atoms with Gasteiger partial charge in [-0.15, -0.1) is 0 Å². The van der Waals surface area contributed by atoms with Crippen molar-refractivity contribution in [3.63, 3.8) is 0 Å². The summed E-state index contributed by atoms with van der Waals surface area (Å²) >= 11 is 11.0. The number of hydrazone groups is 1. The average molecular weight is 308 g/mol. The van der Waals surface area contributed by atoms with Crippen molar-refractivity contribution in [2.75, 3.05) is 5.32 Å². The Morgan fingerprint density at radius 1 is 1.15 bits per heavy atom. The number of hydrogen-bond acceptors (Lipinski definition) is 2. The SMILES string of the molecule is Fc1ccc(NC(=S)NN=Cc2ccccc2Cl)cc1. The van der Waals surface area contributed by atoms with Crippen molar-refractivity contribution >= 4 is 40.8 Å². The van der Waals surface area contributed by atoms with Crippen LogP contribution in [0.25, 0.3) is 0 Å². The van der Waals surface area contributed by atoms with E-state index in [9.17, 15) is 4.39 Å². The first-order chi connectivity index (χ1) is 9.65. The lowest BCUT2D eigenvalue weighted by molar-refractivity contribution is 0.628. The highest BCUT2D eigenvalue weighted by atomic mass is 35.5. The minimum absolute atomic E-state index is 0.300. The molecule has 0 fully saturated rings. The van der Waals surface area contributed by atoms with Gasteiger partial charge in [-0.1, -0.05) is 29.8 Å².